The average Bonchev–Trinajstić information content (AvgIpc) is 2.84. The average molecular weight is 441 g/mol. The Labute approximate surface area is 191 Å². The van der Waals surface area contributed by atoms with Gasteiger partial charge >= 0.3 is 0 Å². The van der Waals surface area contributed by atoms with Crippen LogP contribution in [0.1, 0.15) is 28.2 Å². The second kappa shape index (κ2) is 8.35. The van der Waals surface area contributed by atoms with E-state index in [1.165, 1.54) is 0 Å². The van der Waals surface area contributed by atoms with E-state index in [0.29, 0.717) is 40.7 Å². The number of benzene rings is 3. The van der Waals surface area contributed by atoms with Crippen molar-refractivity contribution in [2.45, 2.75) is 12.5 Å². The van der Waals surface area contributed by atoms with Gasteiger partial charge in [0.2, 0.25) is 5.88 Å². The summed E-state index contributed by atoms with van der Waals surface area (Å²) in [6.07, 6.45) is 1.62. The van der Waals surface area contributed by atoms with Crippen LogP contribution in [0.4, 0.5) is 0 Å². The van der Waals surface area contributed by atoms with Gasteiger partial charge in [0, 0.05) is 17.5 Å². The van der Waals surface area contributed by atoms with Crippen LogP contribution in [0, 0.1) is 5.41 Å². The molecule has 2 heterocycles. The number of nitrogens with zero attached hydrogens (tertiary/aromatic N) is 2. The Morgan fingerprint density at radius 1 is 1.00 bits per heavy atom. The van der Waals surface area contributed by atoms with E-state index in [1.54, 1.807) is 37.2 Å². The topological polar surface area (TPSA) is 89.6 Å². The lowest BCUT2D eigenvalue weighted by Crippen LogP contribution is -2.30. The molecule has 0 radical (unpaired) electrons. The maximum absolute atomic E-state index is 10.0. The molecule has 0 spiro atoms. The zero-order valence-corrected chi connectivity index (χ0v) is 18.3. The third-order valence-electron chi connectivity index (χ3n) is 5.83. The fourth-order valence-electron chi connectivity index (χ4n) is 4.24. The molecule has 1 aliphatic heterocycles. The van der Waals surface area contributed by atoms with Crippen molar-refractivity contribution in [2.75, 3.05) is 14.2 Å². The van der Waals surface area contributed by atoms with E-state index in [9.17, 15) is 5.11 Å². The second-order valence-electron chi connectivity index (χ2n) is 7.80. The zero-order valence-electron chi connectivity index (χ0n) is 18.3. The normalized spacial score (nSPS) is 14.1. The molecule has 2 N–H and O–H groups in total. The van der Waals surface area contributed by atoms with Gasteiger partial charge in [-0.1, -0.05) is 42.5 Å². The molecule has 0 aliphatic carbocycles. The molecule has 166 valence electrons. The zero-order chi connectivity index (χ0) is 22.9. The SMILES string of the molecule is COc1ccc([C@@H]2c3ccc(O)cc3Oc3ncn(Cc4ccccc4)c(=N)c32)cc1OC. The predicted octanol–water partition coefficient (Wildman–Crippen LogP) is 4.42. The molecule has 7 heteroatoms. The first-order chi connectivity index (χ1) is 16.1. The molecule has 0 amide bonds. The van der Waals surface area contributed by atoms with Crippen molar-refractivity contribution in [1.29, 1.82) is 5.41 Å². The monoisotopic (exact) mass is 441 g/mol. The Morgan fingerprint density at radius 3 is 2.55 bits per heavy atom. The highest BCUT2D eigenvalue weighted by Crippen LogP contribution is 2.47. The van der Waals surface area contributed by atoms with Crippen molar-refractivity contribution in [3.05, 3.63) is 101 Å². The molecule has 33 heavy (non-hydrogen) atoms. The van der Waals surface area contributed by atoms with Gasteiger partial charge in [0.05, 0.1) is 26.3 Å². The van der Waals surface area contributed by atoms with Crippen LogP contribution in [0.15, 0.2) is 73.1 Å². The smallest absolute Gasteiger partial charge is 0.228 e. The fraction of sp³-hybridized carbons (Fsp3) is 0.154. The number of aromatic hydroxyl groups is 1. The minimum Gasteiger partial charge on any atom is -0.508 e. The number of hydrogen-bond acceptors (Lipinski definition) is 6. The number of rotatable bonds is 5. The molecule has 1 atom stereocenters. The Bertz CT molecular complexity index is 1380. The first-order valence-electron chi connectivity index (χ1n) is 10.5. The van der Waals surface area contributed by atoms with Crippen molar-refractivity contribution < 1.29 is 19.3 Å². The van der Waals surface area contributed by atoms with Crippen LogP contribution in [0.2, 0.25) is 0 Å². The number of nitrogens with one attached hydrogen (secondary N) is 1. The minimum absolute atomic E-state index is 0.101. The summed E-state index contributed by atoms with van der Waals surface area (Å²) in [7, 11) is 3.19. The van der Waals surface area contributed by atoms with Gasteiger partial charge < -0.3 is 23.9 Å². The highest BCUT2D eigenvalue weighted by molar-refractivity contribution is 5.59. The van der Waals surface area contributed by atoms with E-state index in [4.69, 9.17) is 19.6 Å². The number of hydrogen-bond donors (Lipinski definition) is 2. The lowest BCUT2D eigenvalue weighted by atomic mass is 9.83. The molecule has 0 saturated carbocycles. The first-order valence-corrected chi connectivity index (χ1v) is 10.5. The number of ether oxygens (including phenoxy) is 3. The molecule has 0 fully saturated rings. The van der Waals surface area contributed by atoms with Crippen molar-refractivity contribution >= 4 is 0 Å². The van der Waals surface area contributed by atoms with Crippen LogP contribution >= 0.6 is 0 Å². The Balaban J connectivity index is 1.70. The summed E-state index contributed by atoms with van der Waals surface area (Å²) >= 11 is 0. The molecule has 1 aromatic heterocycles. The van der Waals surface area contributed by atoms with Gasteiger partial charge in [0.1, 0.15) is 23.3 Å². The number of fused-ring (bicyclic) bond motifs is 2. The minimum atomic E-state index is -0.340. The summed E-state index contributed by atoms with van der Waals surface area (Å²) in [6.45, 7) is 0.515. The van der Waals surface area contributed by atoms with Gasteiger partial charge in [-0.2, -0.15) is 0 Å². The third kappa shape index (κ3) is 3.67. The van der Waals surface area contributed by atoms with Crippen LogP contribution in [0.3, 0.4) is 0 Å². The Hall–Kier alpha value is -4.26. The Kier molecular flexibility index (Phi) is 5.22. The Morgan fingerprint density at radius 2 is 1.79 bits per heavy atom. The summed E-state index contributed by atoms with van der Waals surface area (Å²) in [6, 6.07) is 20.7. The van der Waals surface area contributed by atoms with Crippen molar-refractivity contribution in [2.24, 2.45) is 0 Å². The van der Waals surface area contributed by atoms with E-state index in [-0.39, 0.29) is 11.7 Å². The van der Waals surface area contributed by atoms with Crippen LogP contribution < -0.4 is 19.7 Å². The molecule has 1 aliphatic rings. The lowest BCUT2D eigenvalue weighted by molar-refractivity contribution is 0.354. The van der Waals surface area contributed by atoms with Crippen LogP contribution in [-0.2, 0) is 6.54 Å². The van der Waals surface area contributed by atoms with Gasteiger partial charge in [0.25, 0.3) is 0 Å². The number of methoxy groups -OCH3 is 2. The van der Waals surface area contributed by atoms with Gasteiger partial charge in [0.15, 0.2) is 11.5 Å². The number of phenols is 1. The lowest BCUT2D eigenvalue weighted by Gasteiger charge is -2.29. The van der Waals surface area contributed by atoms with E-state index >= 15 is 0 Å². The molecule has 0 unspecified atom stereocenters. The molecular formula is C26H23N3O4. The van der Waals surface area contributed by atoms with Crippen molar-refractivity contribution in [1.82, 2.24) is 9.55 Å². The summed E-state index contributed by atoms with van der Waals surface area (Å²) in [5.74, 6) is 1.83. The summed E-state index contributed by atoms with van der Waals surface area (Å²) in [5, 5.41) is 19.1. The van der Waals surface area contributed by atoms with Crippen LogP contribution in [0.25, 0.3) is 0 Å². The highest BCUT2D eigenvalue weighted by atomic mass is 16.5. The van der Waals surface area contributed by atoms with Crippen LogP contribution in [0.5, 0.6) is 28.9 Å². The van der Waals surface area contributed by atoms with E-state index in [0.717, 1.165) is 16.7 Å². The summed E-state index contributed by atoms with van der Waals surface area (Å²) in [5.41, 5.74) is 3.76. The number of aromatic nitrogens is 2. The standard InChI is InChI=1S/C26H23N3O4/c1-31-20-11-8-17(12-22(20)32-2)23-19-10-9-18(30)13-21(19)33-26-24(23)25(27)29(15-28-26)14-16-6-4-3-5-7-16/h3-13,15,23,27,30H,14H2,1-2H3/t23-/m1/s1. The predicted molar refractivity (Wildman–Crippen MR) is 122 cm³/mol. The fourth-order valence-corrected chi connectivity index (χ4v) is 4.24. The molecule has 4 aromatic rings. The quantitative estimate of drug-likeness (QED) is 0.421. The van der Waals surface area contributed by atoms with Crippen molar-refractivity contribution in [3.63, 3.8) is 0 Å². The molecule has 7 nitrogen and oxygen atoms in total. The third-order valence-corrected chi connectivity index (χ3v) is 5.83. The number of phenolic OH excluding ortho intramolecular Hbond substituents is 1. The molecule has 0 saturated heterocycles. The largest absolute Gasteiger partial charge is 0.508 e. The van der Waals surface area contributed by atoms with Crippen molar-refractivity contribution in [3.8, 4) is 28.9 Å². The first kappa shape index (κ1) is 20.6. The summed E-state index contributed by atoms with van der Waals surface area (Å²) in [4.78, 5) is 4.54. The highest BCUT2D eigenvalue weighted by Gasteiger charge is 2.33. The molecule has 5 rings (SSSR count). The maximum Gasteiger partial charge on any atom is 0.228 e. The van der Waals surface area contributed by atoms with E-state index in [1.807, 2.05) is 54.6 Å². The maximum atomic E-state index is 10.0. The molecule has 0 bridgehead atoms. The molecular weight excluding hydrogens is 418 g/mol. The molecule has 3 aromatic carbocycles. The van der Waals surface area contributed by atoms with Crippen LogP contribution in [-0.4, -0.2) is 28.9 Å². The second-order valence-corrected chi connectivity index (χ2v) is 7.80. The van der Waals surface area contributed by atoms with E-state index in [2.05, 4.69) is 4.98 Å². The van der Waals surface area contributed by atoms with Gasteiger partial charge in [-0.3, -0.25) is 5.41 Å². The van der Waals surface area contributed by atoms with E-state index < -0.39 is 0 Å². The van der Waals surface area contributed by atoms with Gasteiger partial charge in [-0.25, -0.2) is 4.98 Å². The van der Waals surface area contributed by atoms with Gasteiger partial charge in [-0.05, 0) is 29.3 Å². The van der Waals surface area contributed by atoms with Gasteiger partial charge in [-0.15, -0.1) is 0 Å². The summed E-state index contributed by atoms with van der Waals surface area (Å²) < 4.78 is 18.8.